The summed E-state index contributed by atoms with van der Waals surface area (Å²) < 4.78 is 4.93. The van der Waals surface area contributed by atoms with E-state index in [0.29, 0.717) is 32.3 Å². The zero-order valence-electron chi connectivity index (χ0n) is 14.2. The van der Waals surface area contributed by atoms with Crippen molar-refractivity contribution in [1.82, 2.24) is 15.5 Å². The molecule has 0 atom stereocenters. The summed E-state index contributed by atoms with van der Waals surface area (Å²) in [7, 11) is 3.76. The van der Waals surface area contributed by atoms with E-state index >= 15 is 0 Å². The highest BCUT2D eigenvalue weighted by molar-refractivity contribution is 5.78. The number of carbonyl (C=O) groups is 1. The van der Waals surface area contributed by atoms with Crippen molar-refractivity contribution in [2.75, 3.05) is 33.9 Å². The summed E-state index contributed by atoms with van der Waals surface area (Å²) in [5, 5.41) is 6.00. The monoisotopic (exact) mass is 307 g/mol. The number of carbonyl (C=O) groups excluding carboxylic acids is 1. The Morgan fingerprint density at radius 1 is 1.27 bits per heavy atom. The second-order valence-corrected chi connectivity index (χ2v) is 5.72. The molecule has 1 amide bonds. The molecular formula is C17H29N3O2. The fourth-order valence-electron chi connectivity index (χ4n) is 1.97. The zero-order valence-corrected chi connectivity index (χ0v) is 14.2. The van der Waals surface area contributed by atoms with E-state index in [9.17, 15) is 4.79 Å². The Bertz CT molecular complexity index is 449. The fourth-order valence-corrected chi connectivity index (χ4v) is 1.97. The molecule has 0 aliphatic carbocycles. The lowest BCUT2D eigenvalue weighted by Gasteiger charge is -2.22. The average Bonchev–Trinajstić information content (AvgIpc) is 2.50. The third-order valence-electron chi connectivity index (χ3n) is 3.66. The summed E-state index contributed by atoms with van der Waals surface area (Å²) in [6.45, 7) is 7.41. The fraction of sp³-hybridized carbons (Fsp3) is 0.588. The molecule has 0 bridgehead atoms. The highest BCUT2D eigenvalue weighted by atomic mass is 16.5. The maximum absolute atomic E-state index is 11.8. The number of rotatable bonds is 10. The molecule has 1 aromatic rings. The summed E-state index contributed by atoms with van der Waals surface area (Å²) in [5.74, 6) is 0.00289. The van der Waals surface area contributed by atoms with Crippen molar-refractivity contribution in [2.45, 2.75) is 33.0 Å². The standard InChI is InChI=1S/C17H29N3O2/c1-14(2)20(3)13-16-8-6-5-7-15(16)11-19-17(21)12-18-9-10-22-4/h5-8,14,18H,9-13H2,1-4H3,(H,19,21). The Hall–Kier alpha value is -1.43. The van der Waals surface area contributed by atoms with E-state index in [4.69, 9.17) is 4.74 Å². The maximum Gasteiger partial charge on any atom is 0.234 e. The molecule has 0 unspecified atom stereocenters. The van der Waals surface area contributed by atoms with Crippen molar-refractivity contribution >= 4 is 5.91 Å². The van der Waals surface area contributed by atoms with Crippen LogP contribution in [0, 0.1) is 0 Å². The molecule has 0 radical (unpaired) electrons. The highest BCUT2D eigenvalue weighted by Crippen LogP contribution is 2.12. The van der Waals surface area contributed by atoms with Gasteiger partial charge in [0.15, 0.2) is 0 Å². The first-order chi connectivity index (χ1) is 10.5. The van der Waals surface area contributed by atoms with Gasteiger partial charge in [-0.1, -0.05) is 24.3 Å². The molecule has 0 saturated heterocycles. The molecule has 1 aromatic carbocycles. The van der Waals surface area contributed by atoms with Crippen molar-refractivity contribution in [1.29, 1.82) is 0 Å². The molecule has 0 fully saturated rings. The third-order valence-corrected chi connectivity index (χ3v) is 3.66. The van der Waals surface area contributed by atoms with Crippen molar-refractivity contribution in [3.63, 3.8) is 0 Å². The molecule has 5 heteroatoms. The van der Waals surface area contributed by atoms with Crippen LogP contribution < -0.4 is 10.6 Å². The van der Waals surface area contributed by atoms with Gasteiger partial charge in [0.1, 0.15) is 0 Å². The largest absolute Gasteiger partial charge is 0.383 e. The van der Waals surface area contributed by atoms with Crippen LogP contribution in [-0.2, 0) is 22.6 Å². The van der Waals surface area contributed by atoms with Crippen molar-refractivity contribution < 1.29 is 9.53 Å². The summed E-state index contributed by atoms with van der Waals surface area (Å²) in [6, 6.07) is 8.74. The topological polar surface area (TPSA) is 53.6 Å². The van der Waals surface area contributed by atoms with Crippen LogP contribution in [-0.4, -0.2) is 50.7 Å². The van der Waals surface area contributed by atoms with Crippen LogP contribution in [0.2, 0.25) is 0 Å². The first kappa shape index (κ1) is 18.6. The molecule has 0 aromatic heterocycles. The van der Waals surface area contributed by atoms with E-state index in [1.54, 1.807) is 7.11 Å². The molecule has 0 aliphatic rings. The summed E-state index contributed by atoms with van der Waals surface area (Å²) in [5.41, 5.74) is 2.42. The minimum Gasteiger partial charge on any atom is -0.383 e. The van der Waals surface area contributed by atoms with Crippen LogP contribution in [0.15, 0.2) is 24.3 Å². The number of amides is 1. The summed E-state index contributed by atoms with van der Waals surface area (Å²) >= 11 is 0. The van der Waals surface area contributed by atoms with Crippen molar-refractivity contribution in [2.24, 2.45) is 0 Å². The minimum absolute atomic E-state index is 0.00289. The second-order valence-electron chi connectivity index (χ2n) is 5.72. The predicted octanol–water partition coefficient (Wildman–Crippen LogP) is 1.38. The molecule has 5 nitrogen and oxygen atoms in total. The van der Waals surface area contributed by atoms with Crippen LogP contribution in [0.1, 0.15) is 25.0 Å². The van der Waals surface area contributed by atoms with E-state index < -0.39 is 0 Å². The Balaban J connectivity index is 2.46. The molecule has 1 rings (SSSR count). The van der Waals surface area contributed by atoms with Gasteiger partial charge in [0.2, 0.25) is 5.91 Å². The van der Waals surface area contributed by atoms with Crippen LogP contribution in [0.25, 0.3) is 0 Å². The van der Waals surface area contributed by atoms with Gasteiger partial charge < -0.3 is 15.4 Å². The zero-order chi connectivity index (χ0) is 16.4. The van der Waals surface area contributed by atoms with Gasteiger partial charge in [-0.15, -0.1) is 0 Å². The summed E-state index contributed by atoms with van der Waals surface area (Å²) in [4.78, 5) is 14.1. The molecule has 2 N–H and O–H groups in total. The first-order valence-corrected chi connectivity index (χ1v) is 7.78. The van der Waals surface area contributed by atoms with Gasteiger partial charge in [0, 0.05) is 32.8 Å². The van der Waals surface area contributed by atoms with Crippen LogP contribution in [0.3, 0.4) is 0 Å². The Labute approximate surface area is 134 Å². The van der Waals surface area contributed by atoms with Crippen LogP contribution in [0.4, 0.5) is 0 Å². The number of hydrogen-bond donors (Lipinski definition) is 2. The quantitative estimate of drug-likeness (QED) is 0.641. The summed E-state index contributed by atoms with van der Waals surface area (Å²) in [6.07, 6.45) is 0. The van der Waals surface area contributed by atoms with Gasteiger partial charge in [-0.25, -0.2) is 0 Å². The van der Waals surface area contributed by atoms with Gasteiger partial charge in [0.05, 0.1) is 13.2 Å². The molecular weight excluding hydrogens is 278 g/mol. The van der Waals surface area contributed by atoms with Crippen molar-refractivity contribution in [3.05, 3.63) is 35.4 Å². The minimum atomic E-state index is 0.00289. The number of ether oxygens (including phenoxy) is 1. The van der Waals surface area contributed by atoms with Gasteiger partial charge in [-0.3, -0.25) is 9.69 Å². The van der Waals surface area contributed by atoms with E-state index in [2.05, 4.69) is 48.6 Å². The molecule has 0 saturated carbocycles. The molecule has 0 heterocycles. The number of hydrogen-bond acceptors (Lipinski definition) is 4. The van der Waals surface area contributed by atoms with Crippen LogP contribution in [0.5, 0.6) is 0 Å². The molecule has 0 spiro atoms. The van der Waals surface area contributed by atoms with E-state index in [1.807, 2.05) is 12.1 Å². The third kappa shape index (κ3) is 7.02. The number of methoxy groups -OCH3 is 1. The van der Waals surface area contributed by atoms with Crippen molar-refractivity contribution in [3.8, 4) is 0 Å². The molecule has 124 valence electrons. The van der Waals surface area contributed by atoms with Gasteiger partial charge in [-0.05, 0) is 32.0 Å². The number of benzene rings is 1. The smallest absolute Gasteiger partial charge is 0.234 e. The number of nitrogens with zero attached hydrogens (tertiary/aromatic N) is 1. The average molecular weight is 307 g/mol. The lowest BCUT2D eigenvalue weighted by molar-refractivity contribution is -0.120. The van der Waals surface area contributed by atoms with E-state index in [1.165, 1.54) is 11.1 Å². The maximum atomic E-state index is 11.8. The van der Waals surface area contributed by atoms with E-state index in [0.717, 1.165) is 6.54 Å². The van der Waals surface area contributed by atoms with Gasteiger partial charge in [-0.2, -0.15) is 0 Å². The van der Waals surface area contributed by atoms with Gasteiger partial charge in [0.25, 0.3) is 0 Å². The predicted molar refractivity (Wildman–Crippen MR) is 89.6 cm³/mol. The normalized spacial score (nSPS) is 11.2. The molecule has 0 aliphatic heterocycles. The van der Waals surface area contributed by atoms with E-state index in [-0.39, 0.29) is 5.91 Å². The molecule has 22 heavy (non-hydrogen) atoms. The Morgan fingerprint density at radius 3 is 2.59 bits per heavy atom. The second kappa shape index (κ2) is 10.3. The first-order valence-electron chi connectivity index (χ1n) is 7.78. The number of nitrogens with one attached hydrogen (secondary N) is 2. The SMILES string of the molecule is COCCNCC(=O)NCc1ccccc1CN(C)C(C)C. The lowest BCUT2D eigenvalue weighted by atomic mass is 10.1. The Kier molecular flexibility index (Phi) is 8.74. The Morgan fingerprint density at radius 2 is 1.95 bits per heavy atom. The van der Waals surface area contributed by atoms with Gasteiger partial charge >= 0.3 is 0 Å². The highest BCUT2D eigenvalue weighted by Gasteiger charge is 2.09. The van der Waals surface area contributed by atoms with Crippen LogP contribution >= 0.6 is 0 Å². The lowest BCUT2D eigenvalue weighted by Crippen LogP contribution is -2.35.